The summed E-state index contributed by atoms with van der Waals surface area (Å²) in [5.74, 6) is 0.606. The zero-order valence-electron chi connectivity index (χ0n) is 11.8. The molecule has 1 heterocycles. The van der Waals surface area contributed by atoms with E-state index in [0.29, 0.717) is 18.0 Å². The van der Waals surface area contributed by atoms with Crippen LogP contribution >= 0.6 is 0 Å². The van der Waals surface area contributed by atoms with E-state index in [1.807, 2.05) is 37.3 Å². The topological polar surface area (TPSA) is 64.5 Å². The lowest BCUT2D eigenvalue weighted by Gasteiger charge is -2.27. The molecule has 0 fully saturated rings. The number of hydrogen-bond acceptors (Lipinski definition) is 5. The minimum atomic E-state index is -1.24. The van der Waals surface area contributed by atoms with Crippen LogP contribution in [0.2, 0.25) is 0 Å². The van der Waals surface area contributed by atoms with Gasteiger partial charge in [-0.2, -0.15) is 4.98 Å². The highest BCUT2D eigenvalue weighted by Gasteiger charge is 2.35. The van der Waals surface area contributed by atoms with Crippen molar-refractivity contribution in [1.29, 1.82) is 0 Å². The van der Waals surface area contributed by atoms with Crippen molar-refractivity contribution < 1.29 is 14.6 Å². The lowest BCUT2D eigenvalue weighted by molar-refractivity contribution is 0.0677. The van der Waals surface area contributed by atoms with E-state index in [-0.39, 0.29) is 5.88 Å². The molecule has 0 aliphatic rings. The molecule has 1 N–H and O–H groups in total. The first kappa shape index (κ1) is 14.3. The predicted molar refractivity (Wildman–Crippen MR) is 74.9 cm³/mol. The molecule has 0 radical (unpaired) electrons. The van der Waals surface area contributed by atoms with E-state index in [0.717, 1.165) is 5.56 Å². The first-order chi connectivity index (χ1) is 9.65. The van der Waals surface area contributed by atoms with E-state index in [4.69, 9.17) is 9.47 Å². The Kier molecular flexibility index (Phi) is 4.20. The third-order valence-electron chi connectivity index (χ3n) is 3.28. The molecule has 106 valence electrons. The Morgan fingerprint density at radius 1 is 1.15 bits per heavy atom. The van der Waals surface area contributed by atoms with Crippen LogP contribution in [0.1, 0.15) is 24.6 Å². The first-order valence-electron chi connectivity index (χ1n) is 6.39. The molecule has 0 saturated carbocycles. The third-order valence-corrected chi connectivity index (χ3v) is 3.28. The normalized spacial score (nSPS) is 13.6. The summed E-state index contributed by atoms with van der Waals surface area (Å²) < 4.78 is 10.3. The van der Waals surface area contributed by atoms with E-state index in [2.05, 4.69) is 9.97 Å². The Hall–Kier alpha value is -2.14. The van der Waals surface area contributed by atoms with Crippen LogP contribution in [0.3, 0.4) is 0 Å². The predicted octanol–water partition coefficient (Wildman–Crippen LogP) is 2.14. The number of benzene rings is 1. The monoisotopic (exact) mass is 274 g/mol. The second kappa shape index (κ2) is 5.88. The Morgan fingerprint density at radius 3 is 2.40 bits per heavy atom. The maximum absolute atomic E-state index is 11.0. The van der Waals surface area contributed by atoms with Crippen LogP contribution in [-0.2, 0) is 5.60 Å². The Bertz CT molecular complexity index is 575. The molecule has 2 aromatic rings. The molecule has 1 unspecified atom stereocenters. The molecule has 0 amide bonds. The zero-order valence-corrected chi connectivity index (χ0v) is 11.8. The van der Waals surface area contributed by atoms with Gasteiger partial charge in [0.1, 0.15) is 11.3 Å². The number of nitrogens with zero attached hydrogens (tertiary/aromatic N) is 2. The number of hydrogen-bond donors (Lipinski definition) is 1. The molecule has 5 heteroatoms. The van der Waals surface area contributed by atoms with Crippen molar-refractivity contribution in [2.24, 2.45) is 0 Å². The molecular formula is C15H18N2O3. The molecule has 0 aliphatic carbocycles. The molecule has 2 rings (SSSR count). The molecule has 0 spiro atoms. The fourth-order valence-corrected chi connectivity index (χ4v) is 2.10. The molecule has 1 aromatic heterocycles. The van der Waals surface area contributed by atoms with Crippen molar-refractivity contribution >= 4 is 0 Å². The van der Waals surface area contributed by atoms with Crippen molar-refractivity contribution in [3.63, 3.8) is 0 Å². The molecule has 20 heavy (non-hydrogen) atoms. The van der Waals surface area contributed by atoms with Crippen LogP contribution in [0, 0.1) is 0 Å². The van der Waals surface area contributed by atoms with E-state index >= 15 is 0 Å². The van der Waals surface area contributed by atoms with Crippen molar-refractivity contribution in [3.8, 4) is 11.8 Å². The van der Waals surface area contributed by atoms with Crippen molar-refractivity contribution in [1.82, 2.24) is 9.97 Å². The van der Waals surface area contributed by atoms with Gasteiger partial charge in [-0.1, -0.05) is 37.3 Å². The lowest BCUT2D eigenvalue weighted by atomic mass is 9.88. The van der Waals surface area contributed by atoms with Crippen LogP contribution in [-0.4, -0.2) is 29.3 Å². The summed E-state index contributed by atoms with van der Waals surface area (Å²) in [6.45, 7) is 1.89. The second-order valence-electron chi connectivity index (χ2n) is 4.35. The molecule has 1 atom stereocenters. The lowest BCUT2D eigenvalue weighted by Crippen LogP contribution is -2.28. The highest BCUT2D eigenvalue weighted by atomic mass is 16.5. The van der Waals surface area contributed by atoms with Gasteiger partial charge in [0.05, 0.1) is 20.4 Å². The summed E-state index contributed by atoms with van der Waals surface area (Å²) in [6, 6.07) is 9.36. The number of aromatic nitrogens is 2. The summed E-state index contributed by atoms with van der Waals surface area (Å²) in [4.78, 5) is 8.46. The van der Waals surface area contributed by atoms with E-state index < -0.39 is 5.60 Å². The third kappa shape index (κ3) is 2.44. The Labute approximate surface area is 118 Å². The molecule has 0 bridgehead atoms. The minimum absolute atomic E-state index is 0.262. The van der Waals surface area contributed by atoms with Crippen LogP contribution in [0.15, 0.2) is 36.5 Å². The zero-order chi connectivity index (χ0) is 14.6. The van der Waals surface area contributed by atoms with E-state index in [1.165, 1.54) is 20.4 Å². The Balaban J connectivity index is 2.57. The Morgan fingerprint density at radius 2 is 1.85 bits per heavy atom. The van der Waals surface area contributed by atoms with Gasteiger partial charge in [-0.3, -0.25) is 0 Å². The molecule has 0 saturated heterocycles. The van der Waals surface area contributed by atoms with Crippen LogP contribution in [0.5, 0.6) is 11.8 Å². The van der Waals surface area contributed by atoms with Crippen LogP contribution in [0.4, 0.5) is 0 Å². The molecule has 0 aliphatic heterocycles. The summed E-state index contributed by atoms with van der Waals surface area (Å²) in [5.41, 5.74) is -0.110. The average Bonchev–Trinajstić information content (AvgIpc) is 2.54. The van der Waals surface area contributed by atoms with E-state index in [9.17, 15) is 5.11 Å². The maximum atomic E-state index is 11.0. The van der Waals surface area contributed by atoms with Gasteiger partial charge < -0.3 is 14.6 Å². The largest absolute Gasteiger partial charge is 0.480 e. The van der Waals surface area contributed by atoms with Crippen molar-refractivity contribution in [2.45, 2.75) is 18.9 Å². The van der Waals surface area contributed by atoms with Crippen molar-refractivity contribution in [2.75, 3.05) is 14.2 Å². The van der Waals surface area contributed by atoms with Crippen molar-refractivity contribution in [3.05, 3.63) is 47.8 Å². The minimum Gasteiger partial charge on any atom is -0.480 e. The highest BCUT2D eigenvalue weighted by Crippen LogP contribution is 2.36. The quantitative estimate of drug-likeness (QED) is 0.905. The molecule has 1 aromatic carbocycles. The standard InChI is InChI=1S/C15H18N2O3/c1-4-15(18,11-8-6-5-7-9-11)13-14(20-3)17-12(19-2)10-16-13/h5-10,18H,4H2,1-3H3. The molecule has 5 nitrogen and oxygen atoms in total. The van der Waals surface area contributed by atoms with E-state index in [1.54, 1.807) is 0 Å². The van der Waals surface area contributed by atoms with Gasteiger partial charge in [-0.25, -0.2) is 4.98 Å². The number of methoxy groups -OCH3 is 2. The maximum Gasteiger partial charge on any atom is 0.242 e. The first-order valence-corrected chi connectivity index (χ1v) is 6.39. The fourth-order valence-electron chi connectivity index (χ4n) is 2.10. The molecular weight excluding hydrogens is 256 g/mol. The average molecular weight is 274 g/mol. The summed E-state index contributed by atoms with van der Waals surface area (Å²) >= 11 is 0. The van der Waals surface area contributed by atoms with Gasteiger partial charge in [-0.05, 0) is 12.0 Å². The van der Waals surface area contributed by atoms with Gasteiger partial charge in [0, 0.05) is 0 Å². The van der Waals surface area contributed by atoms with Gasteiger partial charge in [0.25, 0.3) is 0 Å². The van der Waals surface area contributed by atoms with Gasteiger partial charge >= 0.3 is 0 Å². The van der Waals surface area contributed by atoms with Gasteiger partial charge in [0.15, 0.2) is 0 Å². The number of aliphatic hydroxyl groups is 1. The van der Waals surface area contributed by atoms with Crippen LogP contribution < -0.4 is 9.47 Å². The van der Waals surface area contributed by atoms with Gasteiger partial charge in [0.2, 0.25) is 11.8 Å². The number of rotatable bonds is 5. The summed E-state index contributed by atoms with van der Waals surface area (Å²) in [6.07, 6.45) is 1.93. The summed E-state index contributed by atoms with van der Waals surface area (Å²) in [5, 5.41) is 11.0. The fraction of sp³-hybridized carbons (Fsp3) is 0.333. The highest BCUT2D eigenvalue weighted by molar-refractivity contribution is 5.37. The summed E-state index contributed by atoms with van der Waals surface area (Å²) in [7, 11) is 3.00. The smallest absolute Gasteiger partial charge is 0.242 e. The number of ether oxygens (including phenoxy) is 2. The van der Waals surface area contributed by atoms with Crippen LogP contribution in [0.25, 0.3) is 0 Å². The second-order valence-corrected chi connectivity index (χ2v) is 4.35. The van der Waals surface area contributed by atoms with Gasteiger partial charge in [-0.15, -0.1) is 0 Å². The SMILES string of the molecule is CCC(O)(c1ccccc1)c1ncc(OC)nc1OC.